The molecule has 10 heteroatoms. The number of carbonyl (C=O) groups excluding carboxylic acids is 1. The highest BCUT2D eigenvalue weighted by Gasteiger charge is 2.45. The molecule has 1 aromatic rings. The van der Waals surface area contributed by atoms with Crippen LogP contribution >= 0.6 is 12.4 Å². The topological polar surface area (TPSA) is 80.5 Å². The van der Waals surface area contributed by atoms with E-state index in [0.717, 1.165) is 12.1 Å². The molecule has 1 amide bonds. The first kappa shape index (κ1) is 25.7. The highest BCUT2D eigenvalue weighted by Crippen LogP contribution is 2.39. The summed E-state index contributed by atoms with van der Waals surface area (Å²) < 4.78 is 63.9. The summed E-state index contributed by atoms with van der Waals surface area (Å²) in [6, 6.07) is 3.84. The Labute approximate surface area is 176 Å². The van der Waals surface area contributed by atoms with Crippen LogP contribution in [-0.4, -0.2) is 42.6 Å². The van der Waals surface area contributed by atoms with Gasteiger partial charge in [0.2, 0.25) is 5.91 Å². The van der Waals surface area contributed by atoms with Crippen LogP contribution in [0.2, 0.25) is 0 Å². The van der Waals surface area contributed by atoms with Crippen molar-refractivity contribution in [3.63, 3.8) is 0 Å². The van der Waals surface area contributed by atoms with Crippen molar-refractivity contribution in [3.8, 4) is 0 Å². The molecule has 5 nitrogen and oxygen atoms in total. The second-order valence-electron chi connectivity index (χ2n) is 8.42. The maximum absolute atomic E-state index is 13.1. The number of hydrogen-bond donors (Lipinski definition) is 1. The standard InChI is InChI=1S/C19H27F3N2O3S.ClH/c1-17(2,23)16(25)24-10-8-13(9-11-24)18(3,4)28(26,27)15-7-5-6-14(12-15)19(20,21)22;/h5-7,12-13H,8-11,23H2,1-4H3;1H. The number of amides is 1. The molecule has 0 radical (unpaired) electrons. The largest absolute Gasteiger partial charge is 0.416 e. The van der Waals surface area contributed by atoms with Gasteiger partial charge in [0.05, 0.1) is 20.7 Å². The molecule has 1 aliphatic heterocycles. The number of nitrogens with zero attached hydrogens (tertiary/aromatic N) is 1. The fourth-order valence-electron chi connectivity index (χ4n) is 3.55. The Morgan fingerprint density at radius 3 is 2.07 bits per heavy atom. The van der Waals surface area contributed by atoms with Gasteiger partial charge >= 0.3 is 6.18 Å². The van der Waals surface area contributed by atoms with Crippen molar-refractivity contribution in [2.45, 2.75) is 61.9 Å². The molecule has 0 spiro atoms. The summed E-state index contributed by atoms with van der Waals surface area (Å²) >= 11 is 0. The van der Waals surface area contributed by atoms with Crippen molar-refractivity contribution in [1.82, 2.24) is 4.90 Å². The molecular formula is C19H28ClF3N2O3S. The number of benzene rings is 1. The Kier molecular flexibility index (Phi) is 7.48. The molecule has 0 aliphatic carbocycles. The lowest BCUT2D eigenvalue weighted by Crippen LogP contribution is -2.55. The summed E-state index contributed by atoms with van der Waals surface area (Å²) in [4.78, 5) is 13.6. The Hall–Kier alpha value is -1.32. The summed E-state index contributed by atoms with van der Waals surface area (Å²) in [5.41, 5.74) is 3.85. The Morgan fingerprint density at radius 2 is 1.62 bits per heavy atom. The third-order valence-electron chi connectivity index (χ3n) is 5.48. The SMILES string of the molecule is CC(C)(N)C(=O)N1CCC(C(C)(C)S(=O)(=O)c2cccc(C(F)(F)F)c2)CC1.Cl. The zero-order valence-electron chi connectivity index (χ0n) is 16.9. The molecule has 0 aromatic heterocycles. The molecule has 1 saturated heterocycles. The number of likely N-dealkylation sites (tertiary alicyclic amines) is 1. The fourth-order valence-corrected chi connectivity index (χ4v) is 5.37. The van der Waals surface area contributed by atoms with E-state index in [1.54, 1.807) is 18.7 Å². The maximum atomic E-state index is 13.1. The molecule has 1 aliphatic rings. The number of rotatable bonds is 4. The smallest absolute Gasteiger partial charge is 0.341 e. The van der Waals surface area contributed by atoms with E-state index in [-0.39, 0.29) is 29.1 Å². The van der Waals surface area contributed by atoms with Gasteiger partial charge in [-0.05, 0) is 64.7 Å². The third-order valence-corrected chi connectivity index (χ3v) is 8.07. The van der Waals surface area contributed by atoms with Gasteiger partial charge in [0.15, 0.2) is 9.84 Å². The monoisotopic (exact) mass is 456 g/mol. The second-order valence-corrected chi connectivity index (χ2v) is 11.0. The molecule has 1 fully saturated rings. The van der Waals surface area contributed by atoms with E-state index in [0.29, 0.717) is 32.0 Å². The van der Waals surface area contributed by atoms with Crippen LogP contribution in [0.4, 0.5) is 13.2 Å². The molecule has 166 valence electrons. The van der Waals surface area contributed by atoms with Crippen LogP contribution in [0.3, 0.4) is 0 Å². The fraction of sp³-hybridized carbons (Fsp3) is 0.632. The molecule has 0 bridgehead atoms. The average molecular weight is 457 g/mol. The van der Waals surface area contributed by atoms with Crippen LogP contribution in [0.5, 0.6) is 0 Å². The van der Waals surface area contributed by atoms with Gasteiger partial charge in [-0.25, -0.2) is 8.42 Å². The predicted octanol–water partition coefficient (Wildman–Crippen LogP) is 3.66. The summed E-state index contributed by atoms with van der Waals surface area (Å²) in [7, 11) is -4.02. The molecule has 2 rings (SSSR count). The van der Waals surface area contributed by atoms with E-state index in [2.05, 4.69) is 0 Å². The van der Waals surface area contributed by atoms with E-state index < -0.39 is 31.9 Å². The van der Waals surface area contributed by atoms with Gasteiger partial charge in [0.1, 0.15) is 0 Å². The lowest BCUT2D eigenvalue weighted by Gasteiger charge is -2.41. The van der Waals surface area contributed by atoms with Gasteiger partial charge in [-0.1, -0.05) is 6.07 Å². The minimum absolute atomic E-state index is 0. The molecular weight excluding hydrogens is 429 g/mol. The predicted molar refractivity (Wildman–Crippen MR) is 108 cm³/mol. The zero-order chi connectivity index (χ0) is 21.5. The highest BCUT2D eigenvalue weighted by molar-refractivity contribution is 7.92. The van der Waals surface area contributed by atoms with Crippen LogP contribution in [-0.2, 0) is 20.8 Å². The lowest BCUT2D eigenvalue weighted by molar-refractivity contribution is -0.138. The molecule has 1 heterocycles. The van der Waals surface area contributed by atoms with Crippen LogP contribution in [0, 0.1) is 5.92 Å². The molecule has 1 aromatic carbocycles. The number of alkyl halides is 3. The zero-order valence-corrected chi connectivity index (χ0v) is 18.5. The van der Waals surface area contributed by atoms with Gasteiger partial charge in [-0.15, -0.1) is 12.4 Å². The number of hydrogen-bond acceptors (Lipinski definition) is 4. The van der Waals surface area contributed by atoms with E-state index in [1.165, 1.54) is 19.9 Å². The highest BCUT2D eigenvalue weighted by atomic mass is 35.5. The normalized spacial score (nSPS) is 17.0. The van der Waals surface area contributed by atoms with Crippen molar-refractivity contribution < 1.29 is 26.4 Å². The van der Waals surface area contributed by atoms with Crippen molar-refractivity contribution in [2.75, 3.05) is 13.1 Å². The van der Waals surface area contributed by atoms with E-state index >= 15 is 0 Å². The van der Waals surface area contributed by atoms with E-state index in [4.69, 9.17) is 5.73 Å². The number of halogens is 4. The molecule has 0 unspecified atom stereocenters. The summed E-state index contributed by atoms with van der Waals surface area (Å²) in [6.07, 6.45) is -3.74. The number of piperidine rings is 1. The van der Waals surface area contributed by atoms with Gasteiger partial charge in [0, 0.05) is 13.1 Å². The Morgan fingerprint density at radius 1 is 1.10 bits per heavy atom. The molecule has 0 atom stereocenters. The van der Waals surface area contributed by atoms with Crippen LogP contribution in [0.1, 0.15) is 46.1 Å². The summed E-state index contributed by atoms with van der Waals surface area (Å²) in [5.74, 6) is -0.499. The molecule has 2 N–H and O–H groups in total. The van der Waals surface area contributed by atoms with Gasteiger partial charge in [0.25, 0.3) is 0 Å². The number of carbonyl (C=O) groups is 1. The summed E-state index contributed by atoms with van der Waals surface area (Å²) in [5, 5.41) is 0. The first-order valence-corrected chi connectivity index (χ1v) is 10.6. The van der Waals surface area contributed by atoms with Crippen LogP contribution in [0.15, 0.2) is 29.2 Å². The minimum Gasteiger partial charge on any atom is -0.341 e. The molecule has 0 saturated carbocycles. The maximum Gasteiger partial charge on any atom is 0.416 e. The lowest BCUT2D eigenvalue weighted by atomic mass is 9.85. The Bertz CT molecular complexity index is 841. The third kappa shape index (κ3) is 5.24. The van der Waals surface area contributed by atoms with Gasteiger partial charge in [-0.3, -0.25) is 4.79 Å². The molecule has 29 heavy (non-hydrogen) atoms. The van der Waals surface area contributed by atoms with Gasteiger partial charge < -0.3 is 10.6 Å². The van der Waals surface area contributed by atoms with Crippen molar-refractivity contribution >= 4 is 28.2 Å². The van der Waals surface area contributed by atoms with E-state index in [1.807, 2.05) is 0 Å². The van der Waals surface area contributed by atoms with Crippen LogP contribution in [0.25, 0.3) is 0 Å². The van der Waals surface area contributed by atoms with Crippen molar-refractivity contribution in [2.24, 2.45) is 11.7 Å². The first-order valence-electron chi connectivity index (χ1n) is 9.08. The summed E-state index contributed by atoms with van der Waals surface area (Å²) in [6.45, 7) is 7.04. The van der Waals surface area contributed by atoms with Crippen molar-refractivity contribution in [3.05, 3.63) is 29.8 Å². The Balaban J connectivity index is 0.00000420. The quantitative estimate of drug-likeness (QED) is 0.749. The van der Waals surface area contributed by atoms with Crippen LogP contribution < -0.4 is 5.73 Å². The minimum atomic E-state index is -4.61. The number of nitrogens with two attached hydrogens (primary N) is 1. The number of sulfone groups is 1. The average Bonchev–Trinajstić information content (AvgIpc) is 2.59. The van der Waals surface area contributed by atoms with Crippen molar-refractivity contribution in [1.29, 1.82) is 0 Å². The van der Waals surface area contributed by atoms with E-state index in [9.17, 15) is 26.4 Å². The van der Waals surface area contributed by atoms with Gasteiger partial charge in [-0.2, -0.15) is 13.2 Å². The first-order chi connectivity index (χ1) is 12.6. The second kappa shape index (κ2) is 8.43.